The average Bonchev–Trinajstić information content (AvgIpc) is 3.34. The third kappa shape index (κ3) is 3.75. The van der Waals surface area contributed by atoms with Crippen LogP contribution in [0.1, 0.15) is 28.1 Å². The van der Waals surface area contributed by atoms with Crippen molar-refractivity contribution in [3.63, 3.8) is 0 Å². The molecule has 2 aliphatic heterocycles. The summed E-state index contributed by atoms with van der Waals surface area (Å²) in [5.41, 5.74) is 2.76. The fourth-order valence-electron chi connectivity index (χ4n) is 4.05. The molecule has 0 spiro atoms. The van der Waals surface area contributed by atoms with Gasteiger partial charge in [0.15, 0.2) is 5.82 Å². The molecule has 1 saturated heterocycles. The van der Waals surface area contributed by atoms with E-state index in [1.165, 1.54) is 11.3 Å². The molecule has 5 rings (SSSR count). The molecule has 2 aromatic heterocycles. The molecule has 9 heteroatoms. The summed E-state index contributed by atoms with van der Waals surface area (Å²) in [7, 11) is 1.64. The maximum atomic E-state index is 13.1. The second-order valence-corrected chi connectivity index (χ2v) is 9.14. The van der Waals surface area contributed by atoms with Crippen molar-refractivity contribution < 1.29 is 14.6 Å². The molecule has 1 N–H and O–H groups in total. The number of halogens is 1. The number of ether oxygens (including phenoxy) is 1. The van der Waals surface area contributed by atoms with Gasteiger partial charge in [-0.3, -0.25) is 4.79 Å². The molecule has 7 nitrogen and oxygen atoms in total. The Hall–Kier alpha value is -2.68. The highest BCUT2D eigenvalue weighted by atomic mass is 35.5. The molecule has 1 fully saturated rings. The predicted molar refractivity (Wildman–Crippen MR) is 121 cm³/mol. The maximum absolute atomic E-state index is 13.1. The number of carbonyl (C=O) groups excluding carboxylic acids is 1. The van der Waals surface area contributed by atoms with E-state index in [1.54, 1.807) is 24.4 Å². The summed E-state index contributed by atoms with van der Waals surface area (Å²) < 4.78 is 5.64. The first-order valence-electron chi connectivity index (χ1n) is 10.1. The number of rotatable bonds is 4. The lowest BCUT2D eigenvalue weighted by molar-refractivity contribution is 0.1000. The van der Waals surface area contributed by atoms with E-state index >= 15 is 0 Å². The lowest BCUT2D eigenvalue weighted by Crippen LogP contribution is -2.36. The highest BCUT2D eigenvalue weighted by Gasteiger charge is 2.32. The Bertz CT molecular complexity index is 1130. The van der Waals surface area contributed by atoms with Crippen LogP contribution in [0.4, 0.5) is 11.4 Å². The number of fused-ring (bicyclic) bond motifs is 1. The van der Waals surface area contributed by atoms with Gasteiger partial charge in [0.2, 0.25) is 0 Å². The van der Waals surface area contributed by atoms with Crippen molar-refractivity contribution in [2.24, 2.45) is 0 Å². The standard InChI is InChI=1S/C22H21ClN4O3S/c1-30-18-9-15(2-3-17(18)26-6-4-16(28)5-7-26)27-12-13-8-19(31-20(13)22(27)29)21-24-10-14(23)11-25-21/h2-3,8-11,16,28H,4-7,12H2,1H3. The van der Waals surface area contributed by atoms with Crippen molar-refractivity contribution in [1.29, 1.82) is 0 Å². The Morgan fingerprint density at radius 1 is 1.19 bits per heavy atom. The first kappa shape index (κ1) is 20.2. The Morgan fingerprint density at radius 3 is 2.61 bits per heavy atom. The van der Waals surface area contributed by atoms with Gasteiger partial charge in [-0.05, 0) is 36.6 Å². The first-order chi connectivity index (χ1) is 15.0. The fraction of sp³-hybridized carbons (Fsp3) is 0.318. The summed E-state index contributed by atoms with van der Waals surface area (Å²) in [5, 5.41) is 10.3. The van der Waals surface area contributed by atoms with Crippen molar-refractivity contribution >= 4 is 40.2 Å². The van der Waals surface area contributed by atoms with Crippen LogP contribution in [0.5, 0.6) is 5.75 Å². The number of hydrogen-bond acceptors (Lipinski definition) is 7. The smallest absolute Gasteiger partial charge is 0.269 e. The van der Waals surface area contributed by atoms with Crippen LogP contribution in [-0.4, -0.2) is 47.3 Å². The van der Waals surface area contributed by atoms with Crippen LogP contribution in [0.2, 0.25) is 5.02 Å². The summed E-state index contributed by atoms with van der Waals surface area (Å²) >= 11 is 7.27. The van der Waals surface area contributed by atoms with Gasteiger partial charge in [-0.15, -0.1) is 11.3 Å². The average molecular weight is 457 g/mol. The third-order valence-electron chi connectivity index (χ3n) is 5.70. The topological polar surface area (TPSA) is 78.8 Å². The van der Waals surface area contributed by atoms with Gasteiger partial charge in [0.25, 0.3) is 5.91 Å². The van der Waals surface area contributed by atoms with Gasteiger partial charge in [-0.25, -0.2) is 9.97 Å². The molecule has 160 valence electrons. The van der Waals surface area contributed by atoms with E-state index in [-0.39, 0.29) is 12.0 Å². The Labute approximate surface area is 188 Å². The van der Waals surface area contributed by atoms with Crippen molar-refractivity contribution in [2.45, 2.75) is 25.5 Å². The van der Waals surface area contributed by atoms with E-state index in [2.05, 4.69) is 14.9 Å². The number of methoxy groups -OCH3 is 1. The van der Waals surface area contributed by atoms with Gasteiger partial charge < -0.3 is 19.6 Å². The number of aromatic nitrogens is 2. The van der Waals surface area contributed by atoms with Crippen LogP contribution in [0.15, 0.2) is 36.7 Å². The molecule has 0 saturated carbocycles. The number of anilines is 2. The summed E-state index contributed by atoms with van der Waals surface area (Å²) in [4.78, 5) is 27.2. The zero-order valence-corrected chi connectivity index (χ0v) is 18.5. The molecular weight excluding hydrogens is 436 g/mol. The normalized spacial score (nSPS) is 16.7. The van der Waals surface area contributed by atoms with Crippen LogP contribution in [-0.2, 0) is 6.54 Å². The minimum absolute atomic E-state index is 0.0314. The Kier molecular flexibility index (Phi) is 5.29. The number of aliphatic hydroxyl groups is 1. The van der Waals surface area contributed by atoms with E-state index in [4.69, 9.17) is 16.3 Å². The van der Waals surface area contributed by atoms with E-state index < -0.39 is 0 Å². The van der Waals surface area contributed by atoms with Gasteiger partial charge in [-0.1, -0.05) is 11.6 Å². The number of nitrogens with zero attached hydrogens (tertiary/aromatic N) is 4. The summed E-state index contributed by atoms with van der Waals surface area (Å²) in [5.74, 6) is 1.27. The number of hydrogen-bond donors (Lipinski definition) is 1. The number of benzene rings is 1. The molecule has 0 radical (unpaired) electrons. The lowest BCUT2D eigenvalue weighted by Gasteiger charge is -2.32. The molecule has 1 amide bonds. The highest BCUT2D eigenvalue weighted by molar-refractivity contribution is 7.17. The summed E-state index contributed by atoms with van der Waals surface area (Å²) in [6, 6.07) is 7.85. The zero-order valence-electron chi connectivity index (χ0n) is 16.9. The molecule has 31 heavy (non-hydrogen) atoms. The monoisotopic (exact) mass is 456 g/mol. The zero-order chi connectivity index (χ0) is 21.5. The third-order valence-corrected chi connectivity index (χ3v) is 7.05. The van der Waals surface area contributed by atoms with Gasteiger partial charge in [0.05, 0.1) is 40.2 Å². The number of carbonyl (C=O) groups is 1. The van der Waals surface area contributed by atoms with Crippen LogP contribution in [0.3, 0.4) is 0 Å². The minimum atomic E-state index is -0.231. The van der Waals surface area contributed by atoms with Crippen LogP contribution >= 0.6 is 22.9 Å². The largest absolute Gasteiger partial charge is 0.495 e. The van der Waals surface area contributed by atoms with Crippen LogP contribution in [0, 0.1) is 0 Å². The van der Waals surface area contributed by atoms with Gasteiger partial charge in [0, 0.05) is 37.2 Å². The molecule has 2 aliphatic rings. The first-order valence-corrected chi connectivity index (χ1v) is 11.3. The van der Waals surface area contributed by atoms with Crippen LogP contribution < -0.4 is 14.5 Å². The van der Waals surface area contributed by atoms with E-state index in [9.17, 15) is 9.90 Å². The van der Waals surface area contributed by atoms with E-state index in [0.717, 1.165) is 53.5 Å². The van der Waals surface area contributed by atoms with Gasteiger partial charge >= 0.3 is 0 Å². The Morgan fingerprint density at radius 2 is 1.94 bits per heavy atom. The highest BCUT2D eigenvalue weighted by Crippen LogP contribution is 2.40. The summed E-state index contributed by atoms with van der Waals surface area (Å²) in [6.07, 6.45) is 4.37. The minimum Gasteiger partial charge on any atom is -0.495 e. The van der Waals surface area contributed by atoms with Crippen molar-refractivity contribution in [3.8, 4) is 16.5 Å². The van der Waals surface area contributed by atoms with E-state index in [0.29, 0.717) is 22.3 Å². The number of amides is 1. The van der Waals surface area contributed by atoms with Crippen molar-refractivity contribution in [1.82, 2.24) is 9.97 Å². The Balaban J connectivity index is 1.38. The molecule has 0 aliphatic carbocycles. The second-order valence-electron chi connectivity index (χ2n) is 7.66. The second kappa shape index (κ2) is 8.11. The lowest BCUT2D eigenvalue weighted by atomic mass is 10.1. The molecule has 0 unspecified atom stereocenters. The van der Waals surface area contributed by atoms with Crippen molar-refractivity contribution in [3.05, 3.63) is 52.1 Å². The number of thiophene rings is 1. The number of piperidine rings is 1. The van der Waals surface area contributed by atoms with Crippen molar-refractivity contribution in [2.75, 3.05) is 30.0 Å². The van der Waals surface area contributed by atoms with Gasteiger partial charge in [-0.2, -0.15) is 0 Å². The fourth-order valence-corrected chi connectivity index (χ4v) is 5.22. The maximum Gasteiger partial charge on any atom is 0.269 e. The summed E-state index contributed by atoms with van der Waals surface area (Å²) in [6.45, 7) is 2.06. The number of aliphatic hydroxyl groups excluding tert-OH is 1. The van der Waals surface area contributed by atoms with E-state index in [1.807, 2.05) is 24.3 Å². The molecule has 4 heterocycles. The SMILES string of the molecule is COc1cc(N2Cc3cc(-c4ncc(Cl)cn4)sc3C2=O)ccc1N1CCC(O)CC1. The molecule has 0 bridgehead atoms. The molecular formula is C22H21ClN4O3S. The molecule has 1 aromatic carbocycles. The molecule has 0 atom stereocenters. The van der Waals surface area contributed by atoms with Gasteiger partial charge in [0.1, 0.15) is 5.75 Å². The van der Waals surface area contributed by atoms with Crippen LogP contribution in [0.25, 0.3) is 10.7 Å². The molecule has 3 aromatic rings. The quantitative estimate of drug-likeness (QED) is 0.639. The predicted octanol–water partition coefficient (Wildman–Crippen LogP) is 3.99.